The van der Waals surface area contributed by atoms with Gasteiger partial charge in [0, 0.05) is 19.3 Å². The van der Waals surface area contributed by atoms with Crippen LogP contribution in [0.25, 0.3) is 0 Å². The van der Waals surface area contributed by atoms with Crippen LogP contribution in [-0.2, 0) is 11.3 Å². The number of carbonyl (C=O) groups is 1. The summed E-state index contributed by atoms with van der Waals surface area (Å²) in [6.07, 6.45) is 2.46. The zero-order valence-corrected chi connectivity index (χ0v) is 9.47. The molecule has 1 aromatic heterocycles. The third-order valence-electron chi connectivity index (χ3n) is 3.02. The Morgan fingerprint density at radius 3 is 3.18 bits per heavy atom. The first-order valence-electron chi connectivity index (χ1n) is 5.55. The summed E-state index contributed by atoms with van der Waals surface area (Å²) in [5.41, 5.74) is 6.75. The molecule has 0 spiro atoms. The standard InChI is InChI=1S/C12H14N4O/c13-6-11-5-9(1-3-15-11)7-16-4-2-10(8-16)12(14)17/h1,3,5,10H,2,4,7-8H2,(H2,14,17). The van der Waals surface area contributed by atoms with Gasteiger partial charge in [-0.3, -0.25) is 9.69 Å². The number of hydrogen-bond acceptors (Lipinski definition) is 4. The minimum Gasteiger partial charge on any atom is -0.369 e. The van der Waals surface area contributed by atoms with Gasteiger partial charge in [0.1, 0.15) is 11.8 Å². The van der Waals surface area contributed by atoms with Gasteiger partial charge < -0.3 is 5.73 Å². The lowest BCUT2D eigenvalue weighted by molar-refractivity contribution is -0.121. The first kappa shape index (κ1) is 11.6. The topological polar surface area (TPSA) is 83.0 Å². The number of rotatable bonds is 3. The zero-order valence-electron chi connectivity index (χ0n) is 9.47. The molecule has 88 valence electrons. The second-order valence-corrected chi connectivity index (χ2v) is 4.28. The van der Waals surface area contributed by atoms with Crippen LogP contribution in [0.1, 0.15) is 17.7 Å². The van der Waals surface area contributed by atoms with Crippen LogP contribution in [0, 0.1) is 17.2 Å². The van der Waals surface area contributed by atoms with Crippen molar-refractivity contribution in [3.8, 4) is 6.07 Å². The molecule has 0 aliphatic carbocycles. The molecule has 0 radical (unpaired) electrons. The van der Waals surface area contributed by atoms with E-state index in [2.05, 4.69) is 9.88 Å². The van der Waals surface area contributed by atoms with Gasteiger partial charge in [-0.05, 0) is 30.7 Å². The summed E-state index contributed by atoms with van der Waals surface area (Å²) in [5.74, 6) is -0.257. The molecule has 1 amide bonds. The number of aromatic nitrogens is 1. The molecule has 2 heterocycles. The van der Waals surface area contributed by atoms with E-state index >= 15 is 0 Å². The highest BCUT2D eigenvalue weighted by Crippen LogP contribution is 2.18. The molecule has 1 fully saturated rings. The third kappa shape index (κ3) is 2.80. The molecule has 0 aromatic carbocycles. The van der Waals surface area contributed by atoms with Crippen molar-refractivity contribution in [2.45, 2.75) is 13.0 Å². The van der Waals surface area contributed by atoms with Crippen molar-refractivity contribution in [1.29, 1.82) is 5.26 Å². The quantitative estimate of drug-likeness (QED) is 0.807. The molecule has 1 aliphatic rings. The average Bonchev–Trinajstić information content (AvgIpc) is 2.78. The number of amides is 1. The van der Waals surface area contributed by atoms with Crippen molar-refractivity contribution in [2.75, 3.05) is 13.1 Å². The highest BCUT2D eigenvalue weighted by atomic mass is 16.1. The Morgan fingerprint density at radius 2 is 2.53 bits per heavy atom. The predicted octanol–water partition coefficient (Wildman–Crippen LogP) is 0.260. The monoisotopic (exact) mass is 230 g/mol. The van der Waals surface area contributed by atoms with E-state index in [1.165, 1.54) is 0 Å². The van der Waals surface area contributed by atoms with Crippen LogP contribution in [0.15, 0.2) is 18.3 Å². The van der Waals surface area contributed by atoms with Gasteiger partial charge in [0.25, 0.3) is 0 Å². The van der Waals surface area contributed by atoms with Gasteiger partial charge in [-0.1, -0.05) is 0 Å². The minimum absolute atomic E-state index is 0.0349. The number of nitriles is 1. The normalized spacial score (nSPS) is 20.1. The third-order valence-corrected chi connectivity index (χ3v) is 3.02. The van der Waals surface area contributed by atoms with Gasteiger partial charge in [-0.2, -0.15) is 5.26 Å². The van der Waals surface area contributed by atoms with Crippen molar-refractivity contribution in [3.05, 3.63) is 29.6 Å². The molecule has 5 nitrogen and oxygen atoms in total. The molecular formula is C12H14N4O. The SMILES string of the molecule is N#Cc1cc(CN2CCC(C(N)=O)C2)ccn1. The number of pyridine rings is 1. The van der Waals surface area contributed by atoms with E-state index in [-0.39, 0.29) is 11.8 Å². The Labute approximate surface area is 99.9 Å². The van der Waals surface area contributed by atoms with E-state index in [0.29, 0.717) is 12.2 Å². The van der Waals surface area contributed by atoms with E-state index in [9.17, 15) is 4.79 Å². The summed E-state index contributed by atoms with van der Waals surface area (Å²) in [6.45, 7) is 2.32. The molecule has 2 rings (SSSR count). The van der Waals surface area contributed by atoms with E-state index in [1.54, 1.807) is 12.3 Å². The lowest BCUT2D eigenvalue weighted by Gasteiger charge is -2.15. The molecule has 0 saturated carbocycles. The van der Waals surface area contributed by atoms with Crippen molar-refractivity contribution in [2.24, 2.45) is 11.7 Å². The van der Waals surface area contributed by atoms with Crippen molar-refractivity contribution >= 4 is 5.91 Å². The van der Waals surface area contributed by atoms with Crippen molar-refractivity contribution in [3.63, 3.8) is 0 Å². The molecule has 17 heavy (non-hydrogen) atoms. The second-order valence-electron chi connectivity index (χ2n) is 4.28. The summed E-state index contributed by atoms with van der Waals surface area (Å²) >= 11 is 0. The minimum atomic E-state index is -0.222. The Hall–Kier alpha value is -1.93. The molecule has 1 atom stereocenters. The highest BCUT2D eigenvalue weighted by molar-refractivity contribution is 5.77. The first-order valence-corrected chi connectivity index (χ1v) is 5.55. The Kier molecular flexibility index (Phi) is 3.35. The summed E-state index contributed by atoms with van der Waals surface area (Å²) in [7, 11) is 0. The van der Waals surface area contributed by atoms with Gasteiger partial charge in [0.05, 0.1) is 5.92 Å². The van der Waals surface area contributed by atoms with Gasteiger partial charge in [0.2, 0.25) is 5.91 Å². The van der Waals surface area contributed by atoms with Crippen LogP contribution in [0.4, 0.5) is 0 Å². The fourth-order valence-corrected chi connectivity index (χ4v) is 2.10. The molecule has 5 heteroatoms. The molecule has 2 N–H and O–H groups in total. The van der Waals surface area contributed by atoms with E-state index in [4.69, 9.17) is 11.0 Å². The zero-order chi connectivity index (χ0) is 12.3. The van der Waals surface area contributed by atoms with Crippen molar-refractivity contribution in [1.82, 2.24) is 9.88 Å². The maximum absolute atomic E-state index is 11.0. The fourth-order valence-electron chi connectivity index (χ4n) is 2.10. The van der Waals surface area contributed by atoms with Crippen LogP contribution >= 0.6 is 0 Å². The maximum Gasteiger partial charge on any atom is 0.221 e. The number of likely N-dealkylation sites (tertiary alicyclic amines) is 1. The van der Waals surface area contributed by atoms with E-state index < -0.39 is 0 Å². The van der Waals surface area contributed by atoms with Crippen LogP contribution in [-0.4, -0.2) is 28.9 Å². The summed E-state index contributed by atoms with van der Waals surface area (Å²) < 4.78 is 0. The Balaban J connectivity index is 1.98. The smallest absolute Gasteiger partial charge is 0.221 e. The lowest BCUT2D eigenvalue weighted by atomic mass is 10.1. The van der Waals surface area contributed by atoms with Gasteiger partial charge in [-0.15, -0.1) is 0 Å². The Bertz CT molecular complexity index is 466. The van der Waals surface area contributed by atoms with Gasteiger partial charge >= 0.3 is 0 Å². The molecule has 1 aliphatic heterocycles. The molecule has 1 saturated heterocycles. The van der Waals surface area contributed by atoms with Crippen LogP contribution < -0.4 is 5.73 Å². The summed E-state index contributed by atoms with van der Waals surface area (Å²) in [6, 6.07) is 5.68. The molecule has 0 bridgehead atoms. The number of nitrogens with zero attached hydrogens (tertiary/aromatic N) is 3. The lowest BCUT2D eigenvalue weighted by Crippen LogP contribution is -2.27. The first-order chi connectivity index (χ1) is 8.19. The van der Waals surface area contributed by atoms with Crippen LogP contribution in [0.3, 0.4) is 0 Å². The predicted molar refractivity (Wildman–Crippen MR) is 61.5 cm³/mol. The summed E-state index contributed by atoms with van der Waals surface area (Å²) in [4.78, 5) is 17.1. The van der Waals surface area contributed by atoms with Crippen molar-refractivity contribution < 1.29 is 4.79 Å². The number of nitrogens with two attached hydrogens (primary N) is 1. The number of primary amides is 1. The highest BCUT2D eigenvalue weighted by Gasteiger charge is 2.26. The second kappa shape index (κ2) is 4.93. The van der Waals surface area contributed by atoms with E-state index in [1.807, 2.05) is 12.1 Å². The molecule has 1 unspecified atom stereocenters. The number of hydrogen-bond donors (Lipinski definition) is 1. The van der Waals surface area contributed by atoms with E-state index in [0.717, 1.165) is 25.1 Å². The number of carbonyl (C=O) groups excluding carboxylic acids is 1. The average molecular weight is 230 g/mol. The summed E-state index contributed by atoms with van der Waals surface area (Å²) in [5, 5.41) is 8.75. The van der Waals surface area contributed by atoms with Gasteiger partial charge in [0.15, 0.2) is 0 Å². The largest absolute Gasteiger partial charge is 0.369 e. The Morgan fingerprint density at radius 1 is 1.71 bits per heavy atom. The molecular weight excluding hydrogens is 216 g/mol. The fraction of sp³-hybridized carbons (Fsp3) is 0.417. The molecule has 1 aromatic rings. The van der Waals surface area contributed by atoms with Gasteiger partial charge in [-0.25, -0.2) is 4.98 Å². The van der Waals surface area contributed by atoms with Crippen LogP contribution in [0.5, 0.6) is 0 Å². The van der Waals surface area contributed by atoms with Crippen LogP contribution in [0.2, 0.25) is 0 Å². The maximum atomic E-state index is 11.0.